The number of nitrogens with zero attached hydrogens (tertiary/aromatic N) is 1. The van der Waals surface area contributed by atoms with Gasteiger partial charge in [-0.05, 0) is 18.2 Å². The molecule has 0 bridgehead atoms. The van der Waals surface area contributed by atoms with Crippen LogP contribution >= 0.6 is 0 Å². The van der Waals surface area contributed by atoms with E-state index in [9.17, 15) is 4.79 Å². The highest BCUT2D eigenvalue weighted by atomic mass is 16.3. The Morgan fingerprint density at radius 1 is 1.20 bits per heavy atom. The number of carbonyl (C=O) groups is 1. The third kappa shape index (κ3) is 1.03. The van der Waals surface area contributed by atoms with Crippen molar-refractivity contribution in [2.24, 2.45) is 0 Å². The van der Waals surface area contributed by atoms with Crippen LogP contribution in [0, 0.1) is 0 Å². The molecule has 15 heavy (non-hydrogen) atoms. The lowest BCUT2D eigenvalue weighted by Crippen LogP contribution is -2.02. The number of benzene rings is 1. The van der Waals surface area contributed by atoms with Crippen molar-refractivity contribution < 1.29 is 9.21 Å². The number of rotatable bonds is 0. The summed E-state index contributed by atoms with van der Waals surface area (Å²) in [6.07, 6.45) is 1.74. The molecule has 0 fully saturated rings. The van der Waals surface area contributed by atoms with Crippen molar-refractivity contribution in [1.29, 1.82) is 0 Å². The van der Waals surface area contributed by atoms with Crippen LogP contribution in [-0.4, -0.2) is 10.5 Å². The van der Waals surface area contributed by atoms with Gasteiger partial charge in [0.25, 0.3) is 0 Å². The van der Waals surface area contributed by atoms with Gasteiger partial charge in [-0.25, -0.2) is 0 Å². The van der Waals surface area contributed by atoms with Gasteiger partial charge in [0, 0.05) is 18.5 Å². The van der Waals surface area contributed by atoms with Gasteiger partial charge < -0.3 is 4.42 Å². The lowest BCUT2D eigenvalue weighted by Gasteiger charge is -1.95. The SMILES string of the molecule is CC(=O)n1ccc2oc3ccccc3c21. The number of carbonyl (C=O) groups excluding carboxylic acids is 1. The minimum atomic E-state index is -0.00319. The molecule has 3 nitrogen and oxygen atoms in total. The standard InChI is InChI=1S/C12H9NO2/c1-8(14)13-7-6-11-12(13)9-4-2-3-5-10(9)15-11/h2-7H,1H3. The zero-order valence-electron chi connectivity index (χ0n) is 8.23. The van der Waals surface area contributed by atoms with Gasteiger partial charge in [0.2, 0.25) is 5.91 Å². The molecule has 0 unspecified atom stereocenters. The van der Waals surface area contributed by atoms with Crippen LogP contribution in [-0.2, 0) is 0 Å². The van der Waals surface area contributed by atoms with Gasteiger partial charge >= 0.3 is 0 Å². The average Bonchev–Trinajstić information content (AvgIpc) is 2.74. The highest BCUT2D eigenvalue weighted by Gasteiger charge is 2.12. The maximum absolute atomic E-state index is 11.4. The molecule has 0 aliphatic rings. The minimum absolute atomic E-state index is 0.00319. The van der Waals surface area contributed by atoms with Gasteiger partial charge in [-0.15, -0.1) is 0 Å². The quantitative estimate of drug-likeness (QED) is 0.557. The second-order valence-electron chi connectivity index (χ2n) is 3.52. The van der Waals surface area contributed by atoms with Crippen LogP contribution in [0.1, 0.15) is 11.7 Å². The van der Waals surface area contributed by atoms with Crippen molar-refractivity contribution >= 4 is 28.0 Å². The van der Waals surface area contributed by atoms with Crippen molar-refractivity contribution in [1.82, 2.24) is 4.57 Å². The zero-order valence-corrected chi connectivity index (χ0v) is 8.23. The third-order valence-electron chi connectivity index (χ3n) is 2.55. The second kappa shape index (κ2) is 2.73. The van der Waals surface area contributed by atoms with E-state index in [4.69, 9.17) is 4.42 Å². The molecule has 2 heterocycles. The van der Waals surface area contributed by atoms with E-state index in [1.54, 1.807) is 17.7 Å². The van der Waals surface area contributed by atoms with Crippen LogP contribution in [0.5, 0.6) is 0 Å². The molecular formula is C12H9NO2. The zero-order chi connectivity index (χ0) is 10.4. The van der Waals surface area contributed by atoms with Crippen molar-refractivity contribution in [2.75, 3.05) is 0 Å². The Morgan fingerprint density at radius 2 is 2.00 bits per heavy atom. The average molecular weight is 199 g/mol. The molecule has 0 spiro atoms. The van der Waals surface area contributed by atoms with Gasteiger partial charge in [-0.1, -0.05) is 12.1 Å². The summed E-state index contributed by atoms with van der Waals surface area (Å²) in [5.74, 6) is -0.00319. The topological polar surface area (TPSA) is 35.1 Å². The molecular weight excluding hydrogens is 190 g/mol. The third-order valence-corrected chi connectivity index (χ3v) is 2.55. The Labute approximate surface area is 85.9 Å². The fourth-order valence-corrected chi connectivity index (χ4v) is 1.89. The highest BCUT2D eigenvalue weighted by Crippen LogP contribution is 2.28. The van der Waals surface area contributed by atoms with E-state index in [1.807, 2.05) is 30.3 Å². The summed E-state index contributed by atoms with van der Waals surface area (Å²) in [6.45, 7) is 1.54. The fourth-order valence-electron chi connectivity index (χ4n) is 1.89. The summed E-state index contributed by atoms with van der Waals surface area (Å²) in [4.78, 5) is 11.4. The molecule has 0 saturated heterocycles. The first-order valence-corrected chi connectivity index (χ1v) is 4.77. The first-order valence-electron chi connectivity index (χ1n) is 4.77. The Kier molecular flexibility index (Phi) is 1.51. The predicted molar refractivity (Wildman–Crippen MR) is 58.0 cm³/mol. The largest absolute Gasteiger partial charge is 0.454 e. The Hall–Kier alpha value is -2.03. The summed E-state index contributed by atoms with van der Waals surface area (Å²) in [5.41, 5.74) is 2.43. The molecule has 3 aromatic rings. The summed E-state index contributed by atoms with van der Waals surface area (Å²) in [6, 6.07) is 9.54. The monoisotopic (exact) mass is 199 g/mol. The van der Waals surface area contributed by atoms with Gasteiger partial charge in [0.05, 0.1) is 0 Å². The van der Waals surface area contributed by atoms with Gasteiger partial charge in [-0.3, -0.25) is 9.36 Å². The summed E-state index contributed by atoms with van der Waals surface area (Å²) in [7, 11) is 0. The Bertz CT molecular complexity index is 660. The van der Waals surface area contributed by atoms with Crippen LogP contribution in [0.2, 0.25) is 0 Å². The van der Waals surface area contributed by atoms with Crippen LogP contribution in [0.4, 0.5) is 0 Å². The fraction of sp³-hybridized carbons (Fsp3) is 0.0833. The maximum atomic E-state index is 11.4. The molecule has 1 aromatic carbocycles. The molecule has 3 heteroatoms. The summed E-state index contributed by atoms with van der Waals surface area (Å²) in [5, 5.41) is 0.979. The smallest absolute Gasteiger partial charge is 0.228 e. The second-order valence-corrected chi connectivity index (χ2v) is 3.52. The van der Waals surface area contributed by atoms with E-state index >= 15 is 0 Å². The van der Waals surface area contributed by atoms with E-state index in [2.05, 4.69) is 0 Å². The molecule has 3 rings (SSSR count). The Balaban J connectivity index is 2.54. The molecule has 0 saturated carbocycles. The van der Waals surface area contributed by atoms with E-state index in [-0.39, 0.29) is 5.91 Å². The van der Waals surface area contributed by atoms with Crippen LogP contribution < -0.4 is 0 Å². The van der Waals surface area contributed by atoms with Crippen molar-refractivity contribution in [3.05, 3.63) is 36.5 Å². The number of aromatic nitrogens is 1. The van der Waals surface area contributed by atoms with E-state index in [0.29, 0.717) is 0 Å². The minimum Gasteiger partial charge on any atom is -0.454 e. The van der Waals surface area contributed by atoms with Gasteiger partial charge in [-0.2, -0.15) is 0 Å². The van der Waals surface area contributed by atoms with Gasteiger partial charge in [0.1, 0.15) is 11.1 Å². The lowest BCUT2D eigenvalue weighted by atomic mass is 10.2. The van der Waals surface area contributed by atoms with Crippen molar-refractivity contribution in [3.8, 4) is 0 Å². The Morgan fingerprint density at radius 3 is 2.80 bits per heavy atom. The lowest BCUT2D eigenvalue weighted by molar-refractivity contribution is 0.0942. The molecule has 0 atom stereocenters. The molecule has 2 aromatic heterocycles. The van der Waals surface area contributed by atoms with Crippen LogP contribution in [0.15, 0.2) is 40.9 Å². The number of hydrogen-bond acceptors (Lipinski definition) is 2. The van der Waals surface area contributed by atoms with Crippen molar-refractivity contribution in [2.45, 2.75) is 6.92 Å². The molecule has 0 aliphatic heterocycles. The number of fused-ring (bicyclic) bond motifs is 3. The normalized spacial score (nSPS) is 11.3. The van der Waals surface area contributed by atoms with Crippen LogP contribution in [0.3, 0.4) is 0 Å². The number of para-hydroxylation sites is 1. The van der Waals surface area contributed by atoms with Crippen molar-refractivity contribution in [3.63, 3.8) is 0 Å². The van der Waals surface area contributed by atoms with E-state index < -0.39 is 0 Å². The van der Waals surface area contributed by atoms with Gasteiger partial charge in [0.15, 0.2) is 5.58 Å². The molecule has 0 radical (unpaired) electrons. The molecule has 0 N–H and O–H groups in total. The molecule has 0 aliphatic carbocycles. The van der Waals surface area contributed by atoms with E-state index in [0.717, 1.165) is 22.1 Å². The highest BCUT2D eigenvalue weighted by molar-refractivity contribution is 6.06. The van der Waals surface area contributed by atoms with Crippen LogP contribution in [0.25, 0.3) is 22.1 Å². The first kappa shape index (κ1) is 8.29. The van der Waals surface area contributed by atoms with E-state index in [1.165, 1.54) is 0 Å². The summed E-state index contributed by atoms with van der Waals surface area (Å²) < 4.78 is 7.22. The predicted octanol–water partition coefficient (Wildman–Crippen LogP) is 3.05. The molecule has 0 amide bonds. The maximum Gasteiger partial charge on any atom is 0.228 e. The molecule has 74 valence electrons. The number of furan rings is 1. The number of hydrogen-bond donors (Lipinski definition) is 0. The first-order chi connectivity index (χ1) is 7.27. The summed E-state index contributed by atoms with van der Waals surface area (Å²) >= 11 is 0.